The zero-order chi connectivity index (χ0) is 19.6. The van der Waals surface area contributed by atoms with Crippen molar-refractivity contribution in [3.05, 3.63) is 59.7 Å². The van der Waals surface area contributed by atoms with Crippen molar-refractivity contribution in [1.82, 2.24) is 4.90 Å². The number of fused-ring (bicyclic) bond motifs is 1. The van der Waals surface area contributed by atoms with Crippen LogP contribution < -0.4 is 10.1 Å². The Kier molecular flexibility index (Phi) is 5.26. The zero-order valence-corrected chi connectivity index (χ0v) is 15.6. The van der Waals surface area contributed by atoms with Crippen LogP contribution in [-0.2, 0) is 4.79 Å². The summed E-state index contributed by atoms with van der Waals surface area (Å²) in [5.41, 5.74) is 1.16. The molecule has 3 amide bonds. The van der Waals surface area contributed by atoms with Crippen LogP contribution in [0.4, 0.5) is 5.69 Å². The Balaban J connectivity index is 1.92. The Bertz CT molecular complexity index is 856. The second-order valence-corrected chi connectivity index (χ2v) is 6.86. The van der Waals surface area contributed by atoms with Gasteiger partial charge < -0.3 is 10.1 Å². The maximum Gasteiger partial charge on any atom is 0.262 e. The number of ether oxygens (including phenoxy) is 1. The number of nitrogens with zero attached hydrogens (tertiary/aromatic N) is 1. The molecular formula is C21H22N2O4. The molecule has 6 heteroatoms. The van der Waals surface area contributed by atoms with Crippen LogP contribution in [0.3, 0.4) is 0 Å². The Morgan fingerprint density at radius 2 is 1.56 bits per heavy atom. The van der Waals surface area contributed by atoms with Gasteiger partial charge in [-0.25, -0.2) is 0 Å². The first-order valence-electron chi connectivity index (χ1n) is 8.84. The lowest BCUT2D eigenvalue weighted by Gasteiger charge is -2.27. The Morgan fingerprint density at radius 3 is 2.11 bits per heavy atom. The van der Waals surface area contributed by atoms with Gasteiger partial charge in [-0.15, -0.1) is 0 Å². The average Bonchev–Trinajstić information content (AvgIpc) is 2.91. The smallest absolute Gasteiger partial charge is 0.262 e. The van der Waals surface area contributed by atoms with Gasteiger partial charge in [-0.1, -0.05) is 38.1 Å². The number of anilines is 1. The largest absolute Gasteiger partial charge is 0.495 e. The van der Waals surface area contributed by atoms with Crippen LogP contribution in [0.5, 0.6) is 5.75 Å². The van der Waals surface area contributed by atoms with E-state index in [-0.39, 0.29) is 5.92 Å². The van der Waals surface area contributed by atoms with Gasteiger partial charge in [0, 0.05) is 0 Å². The van der Waals surface area contributed by atoms with Crippen LogP contribution >= 0.6 is 0 Å². The van der Waals surface area contributed by atoms with E-state index in [1.165, 1.54) is 7.11 Å². The summed E-state index contributed by atoms with van der Waals surface area (Å²) in [5.74, 6) is -0.658. The monoisotopic (exact) mass is 366 g/mol. The lowest BCUT2D eigenvalue weighted by Crippen LogP contribution is -2.48. The molecule has 0 spiro atoms. The third kappa shape index (κ3) is 3.56. The molecular weight excluding hydrogens is 344 g/mol. The minimum absolute atomic E-state index is 0.114. The number of imide groups is 1. The second kappa shape index (κ2) is 7.61. The number of hydrogen-bond acceptors (Lipinski definition) is 4. The van der Waals surface area contributed by atoms with E-state index in [2.05, 4.69) is 5.32 Å². The first-order valence-corrected chi connectivity index (χ1v) is 8.84. The number of methoxy groups -OCH3 is 1. The van der Waals surface area contributed by atoms with Gasteiger partial charge in [0.05, 0.1) is 23.9 Å². The van der Waals surface area contributed by atoms with Crippen LogP contribution in [0, 0.1) is 5.92 Å². The van der Waals surface area contributed by atoms with E-state index < -0.39 is 23.8 Å². The predicted molar refractivity (Wildman–Crippen MR) is 102 cm³/mol. The molecule has 6 nitrogen and oxygen atoms in total. The van der Waals surface area contributed by atoms with Gasteiger partial charge in [0.15, 0.2) is 0 Å². The highest BCUT2D eigenvalue weighted by atomic mass is 16.5. The number of benzene rings is 2. The maximum atomic E-state index is 13.0. The van der Waals surface area contributed by atoms with Crippen LogP contribution in [0.25, 0.3) is 0 Å². The normalized spacial score (nSPS) is 14.3. The summed E-state index contributed by atoms with van der Waals surface area (Å²) >= 11 is 0. The van der Waals surface area contributed by atoms with Gasteiger partial charge in [-0.3, -0.25) is 19.3 Å². The molecule has 3 rings (SSSR count). The van der Waals surface area contributed by atoms with Gasteiger partial charge in [0.25, 0.3) is 11.8 Å². The molecule has 1 unspecified atom stereocenters. The molecule has 2 aromatic rings. The van der Waals surface area contributed by atoms with E-state index in [9.17, 15) is 14.4 Å². The van der Waals surface area contributed by atoms with Crippen LogP contribution in [-0.4, -0.2) is 35.8 Å². The number of para-hydroxylation sites is 2. The molecule has 1 aliphatic heterocycles. The molecule has 1 heterocycles. The molecule has 27 heavy (non-hydrogen) atoms. The van der Waals surface area contributed by atoms with Gasteiger partial charge in [-0.2, -0.15) is 0 Å². The lowest BCUT2D eigenvalue weighted by atomic mass is 10.0. The van der Waals surface area contributed by atoms with Crippen LogP contribution in [0.15, 0.2) is 48.5 Å². The van der Waals surface area contributed by atoms with E-state index in [4.69, 9.17) is 4.74 Å². The van der Waals surface area contributed by atoms with Crippen LogP contribution in [0.1, 0.15) is 41.0 Å². The van der Waals surface area contributed by atoms with Gasteiger partial charge in [-0.05, 0) is 36.6 Å². The maximum absolute atomic E-state index is 13.0. The van der Waals surface area contributed by atoms with Crippen LogP contribution in [0.2, 0.25) is 0 Å². The van der Waals surface area contributed by atoms with Gasteiger partial charge in [0.2, 0.25) is 5.91 Å². The summed E-state index contributed by atoms with van der Waals surface area (Å²) in [4.78, 5) is 39.7. The van der Waals surface area contributed by atoms with Crippen molar-refractivity contribution in [1.29, 1.82) is 0 Å². The zero-order valence-electron chi connectivity index (χ0n) is 15.6. The minimum Gasteiger partial charge on any atom is -0.495 e. The summed E-state index contributed by atoms with van der Waals surface area (Å²) in [6.07, 6.45) is 0.368. The first kappa shape index (κ1) is 18.6. The number of amides is 3. The molecule has 1 N–H and O–H groups in total. The SMILES string of the molecule is COc1ccccc1NC(=O)C(CC(C)C)N1C(=O)c2ccccc2C1=O. The van der Waals surface area contributed by atoms with E-state index in [0.717, 1.165) is 4.90 Å². The average molecular weight is 366 g/mol. The van der Waals surface area contributed by atoms with Crippen molar-refractivity contribution >= 4 is 23.4 Å². The molecule has 1 atom stereocenters. The number of hydrogen-bond donors (Lipinski definition) is 1. The molecule has 0 radical (unpaired) electrons. The topological polar surface area (TPSA) is 75.7 Å². The number of carbonyl (C=O) groups excluding carboxylic acids is 3. The van der Waals surface area contributed by atoms with Crippen molar-refractivity contribution in [2.45, 2.75) is 26.3 Å². The highest BCUT2D eigenvalue weighted by Crippen LogP contribution is 2.29. The summed E-state index contributed by atoms with van der Waals surface area (Å²) in [6.45, 7) is 3.89. The summed E-state index contributed by atoms with van der Waals surface area (Å²) in [5, 5.41) is 2.80. The molecule has 0 saturated heterocycles. The van der Waals surface area contributed by atoms with Crippen molar-refractivity contribution in [2.75, 3.05) is 12.4 Å². The molecule has 0 aliphatic carbocycles. The lowest BCUT2D eigenvalue weighted by molar-refractivity contribution is -0.120. The quantitative estimate of drug-likeness (QED) is 0.796. The summed E-state index contributed by atoms with van der Waals surface area (Å²) in [6, 6.07) is 12.8. The Hall–Kier alpha value is -3.15. The number of rotatable bonds is 6. The van der Waals surface area contributed by atoms with Crippen molar-refractivity contribution in [2.24, 2.45) is 5.92 Å². The van der Waals surface area contributed by atoms with Crippen molar-refractivity contribution < 1.29 is 19.1 Å². The fourth-order valence-corrected chi connectivity index (χ4v) is 3.23. The highest BCUT2D eigenvalue weighted by molar-refractivity contribution is 6.23. The standard InChI is InChI=1S/C21H22N2O4/c1-13(2)12-17(19(24)22-16-10-6-7-11-18(16)27-3)23-20(25)14-8-4-5-9-15(14)21(23)26/h4-11,13,17H,12H2,1-3H3,(H,22,24). The minimum atomic E-state index is -0.901. The fourth-order valence-electron chi connectivity index (χ4n) is 3.23. The third-order valence-electron chi connectivity index (χ3n) is 4.50. The molecule has 2 aromatic carbocycles. The molecule has 0 bridgehead atoms. The molecule has 0 fully saturated rings. The predicted octanol–water partition coefficient (Wildman–Crippen LogP) is 3.34. The number of carbonyl (C=O) groups is 3. The van der Waals surface area contributed by atoms with E-state index in [1.807, 2.05) is 13.8 Å². The Morgan fingerprint density at radius 1 is 1.00 bits per heavy atom. The van der Waals surface area contributed by atoms with E-state index >= 15 is 0 Å². The molecule has 1 aliphatic rings. The first-order chi connectivity index (χ1) is 12.9. The van der Waals surface area contributed by atoms with Gasteiger partial charge >= 0.3 is 0 Å². The third-order valence-corrected chi connectivity index (χ3v) is 4.50. The fraction of sp³-hybridized carbons (Fsp3) is 0.286. The summed E-state index contributed by atoms with van der Waals surface area (Å²) < 4.78 is 5.26. The van der Waals surface area contributed by atoms with Gasteiger partial charge in [0.1, 0.15) is 11.8 Å². The molecule has 0 saturated carbocycles. The molecule has 140 valence electrons. The van der Waals surface area contributed by atoms with Crippen molar-refractivity contribution in [3.8, 4) is 5.75 Å². The molecule has 0 aromatic heterocycles. The number of nitrogens with one attached hydrogen (secondary N) is 1. The van der Waals surface area contributed by atoms with E-state index in [0.29, 0.717) is 29.0 Å². The van der Waals surface area contributed by atoms with E-state index in [1.54, 1.807) is 48.5 Å². The summed E-state index contributed by atoms with van der Waals surface area (Å²) in [7, 11) is 1.51. The van der Waals surface area contributed by atoms with Crippen molar-refractivity contribution in [3.63, 3.8) is 0 Å². The highest BCUT2D eigenvalue weighted by Gasteiger charge is 2.42. The Labute approximate surface area is 158 Å². The second-order valence-electron chi connectivity index (χ2n) is 6.86.